The van der Waals surface area contributed by atoms with Crippen molar-refractivity contribution in [3.05, 3.63) is 70.9 Å². The summed E-state index contributed by atoms with van der Waals surface area (Å²) in [5.41, 5.74) is 3.94. The first-order valence-corrected chi connectivity index (χ1v) is 9.16. The van der Waals surface area contributed by atoms with E-state index >= 15 is 0 Å². The van der Waals surface area contributed by atoms with E-state index in [1.165, 1.54) is 12.5 Å². The Labute approximate surface area is 162 Å². The third-order valence-corrected chi connectivity index (χ3v) is 4.94. The van der Waals surface area contributed by atoms with Crippen LogP contribution in [0.1, 0.15) is 53.9 Å². The SMILES string of the molecule is CC(=O)Nc1ccc2c(c1)C(O)=C(c1ccc3cc(C(C)C)ccc3n1)C2=O. The lowest BCUT2D eigenvalue weighted by atomic mass is 10.00. The van der Waals surface area contributed by atoms with E-state index in [9.17, 15) is 14.7 Å². The van der Waals surface area contributed by atoms with Gasteiger partial charge in [0.2, 0.25) is 5.91 Å². The smallest absolute Gasteiger partial charge is 0.221 e. The maximum Gasteiger partial charge on any atom is 0.221 e. The Bertz CT molecular complexity index is 1180. The van der Waals surface area contributed by atoms with Gasteiger partial charge in [-0.1, -0.05) is 26.0 Å². The highest BCUT2D eigenvalue weighted by atomic mass is 16.3. The van der Waals surface area contributed by atoms with Gasteiger partial charge in [-0.2, -0.15) is 0 Å². The van der Waals surface area contributed by atoms with Crippen LogP contribution < -0.4 is 5.32 Å². The van der Waals surface area contributed by atoms with Crippen LogP contribution in [0, 0.1) is 0 Å². The molecule has 2 N–H and O–H groups in total. The van der Waals surface area contributed by atoms with Crippen LogP contribution in [0.25, 0.3) is 22.2 Å². The maximum atomic E-state index is 12.9. The summed E-state index contributed by atoms with van der Waals surface area (Å²) in [4.78, 5) is 28.8. The Morgan fingerprint density at radius 2 is 1.82 bits per heavy atom. The highest BCUT2D eigenvalue weighted by Gasteiger charge is 2.32. The minimum atomic E-state index is -0.271. The molecule has 28 heavy (non-hydrogen) atoms. The molecule has 0 bridgehead atoms. The molecule has 0 fully saturated rings. The first-order chi connectivity index (χ1) is 13.3. The van der Waals surface area contributed by atoms with Crippen molar-refractivity contribution in [2.24, 2.45) is 0 Å². The number of benzene rings is 2. The van der Waals surface area contributed by atoms with E-state index in [1.807, 2.05) is 18.2 Å². The predicted octanol–water partition coefficient (Wildman–Crippen LogP) is 4.94. The highest BCUT2D eigenvalue weighted by molar-refractivity contribution is 6.38. The molecule has 0 spiro atoms. The molecule has 0 unspecified atom stereocenters. The van der Waals surface area contributed by atoms with Gasteiger partial charge in [-0.15, -0.1) is 0 Å². The Kier molecular flexibility index (Phi) is 4.23. The Hall–Kier alpha value is -3.47. The molecule has 2 aromatic carbocycles. The summed E-state index contributed by atoms with van der Waals surface area (Å²) in [6.45, 7) is 5.67. The van der Waals surface area contributed by atoms with Crippen molar-refractivity contribution < 1.29 is 14.7 Å². The predicted molar refractivity (Wildman–Crippen MR) is 110 cm³/mol. The van der Waals surface area contributed by atoms with E-state index in [4.69, 9.17) is 0 Å². The number of nitrogens with zero attached hydrogens (tertiary/aromatic N) is 1. The molecule has 1 amide bonds. The number of hydrogen-bond acceptors (Lipinski definition) is 4. The average molecular weight is 372 g/mol. The Morgan fingerprint density at radius 3 is 2.54 bits per heavy atom. The highest BCUT2D eigenvalue weighted by Crippen LogP contribution is 2.38. The zero-order chi connectivity index (χ0) is 20.0. The number of fused-ring (bicyclic) bond motifs is 2. The molecule has 3 aromatic rings. The number of allylic oxidation sites excluding steroid dienone is 1. The van der Waals surface area contributed by atoms with E-state index in [1.54, 1.807) is 24.3 Å². The second kappa shape index (κ2) is 6.60. The molecule has 140 valence electrons. The zero-order valence-corrected chi connectivity index (χ0v) is 15.9. The standard InChI is InChI=1S/C23H20N2O3/c1-12(2)14-4-8-19-15(10-14)5-9-20(25-19)21-22(27)17-7-6-16(24-13(3)26)11-18(17)23(21)28/h4-12,28H,1-3H3,(H,24,26). The summed E-state index contributed by atoms with van der Waals surface area (Å²) >= 11 is 0. The Balaban J connectivity index is 1.79. The molecule has 4 rings (SSSR count). The number of hydrogen-bond donors (Lipinski definition) is 2. The summed E-state index contributed by atoms with van der Waals surface area (Å²) in [7, 11) is 0. The van der Waals surface area contributed by atoms with Gasteiger partial charge >= 0.3 is 0 Å². The average Bonchev–Trinajstić information content (AvgIpc) is 2.90. The van der Waals surface area contributed by atoms with Crippen molar-refractivity contribution in [3.8, 4) is 0 Å². The van der Waals surface area contributed by atoms with Gasteiger partial charge < -0.3 is 10.4 Å². The quantitative estimate of drug-likeness (QED) is 0.682. The fourth-order valence-corrected chi connectivity index (χ4v) is 3.48. The number of aliphatic hydroxyl groups excluding tert-OH is 1. The maximum absolute atomic E-state index is 12.9. The van der Waals surface area contributed by atoms with E-state index in [0.29, 0.717) is 28.4 Å². The van der Waals surface area contributed by atoms with Crippen molar-refractivity contribution in [3.63, 3.8) is 0 Å². The molecule has 0 radical (unpaired) electrons. The summed E-state index contributed by atoms with van der Waals surface area (Å²) < 4.78 is 0. The van der Waals surface area contributed by atoms with Crippen molar-refractivity contribution in [2.75, 3.05) is 5.32 Å². The van der Waals surface area contributed by atoms with Crippen LogP contribution in [0.5, 0.6) is 0 Å². The number of carbonyl (C=O) groups excluding carboxylic acids is 2. The molecule has 1 aliphatic rings. The van der Waals surface area contributed by atoms with Gasteiger partial charge in [0.15, 0.2) is 5.78 Å². The number of aromatic nitrogens is 1. The molecule has 1 heterocycles. The fourth-order valence-electron chi connectivity index (χ4n) is 3.48. The molecule has 5 nitrogen and oxygen atoms in total. The molecule has 0 saturated carbocycles. The van der Waals surface area contributed by atoms with Crippen LogP contribution in [0.2, 0.25) is 0 Å². The van der Waals surface area contributed by atoms with E-state index in [2.05, 4.69) is 30.2 Å². The van der Waals surface area contributed by atoms with Crippen molar-refractivity contribution in [1.29, 1.82) is 0 Å². The number of carbonyl (C=O) groups is 2. The van der Waals surface area contributed by atoms with Gasteiger partial charge in [0.05, 0.1) is 16.8 Å². The monoisotopic (exact) mass is 372 g/mol. The van der Waals surface area contributed by atoms with Crippen LogP contribution in [0.3, 0.4) is 0 Å². The number of anilines is 1. The first kappa shape index (κ1) is 17.9. The largest absolute Gasteiger partial charge is 0.506 e. The van der Waals surface area contributed by atoms with Gasteiger partial charge in [-0.05, 0) is 47.9 Å². The van der Waals surface area contributed by atoms with Crippen LogP contribution in [0.4, 0.5) is 5.69 Å². The van der Waals surface area contributed by atoms with Gasteiger partial charge in [-0.3, -0.25) is 9.59 Å². The summed E-state index contributed by atoms with van der Waals surface area (Å²) in [5, 5.41) is 14.4. The van der Waals surface area contributed by atoms with E-state index in [-0.39, 0.29) is 23.0 Å². The number of aliphatic hydroxyl groups is 1. The molecule has 0 aliphatic heterocycles. The van der Waals surface area contributed by atoms with Crippen LogP contribution in [-0.2, 0) is 4.79 Å². The molecular formula is C23H20N2O3. The van der Waals surface area contributed by atoms with Crippen molar-refractivity contribution in [1.82, 2.24) is 4.98 Å². The molecule has 0 atom stereocenters. The number of nitrogens with one attached hydrogen (secondary N) is 1. The van der Waals surface area contributed by atoms with Gasteiger partial charge in [0.1, 0.15) is 5.76 Å². The number of ketones is 1. The van der Waals surface area contributed by atoms with Gasteiger partial charge in [0, 0.05) is 29.1 Å². The van der Waals surface area contributed by atoms with Gasteiger partial charge in [-0.25, -0.2) is 4.98 Å². The van der Waals surface area contributed by atoms with Crippen molar-refractivity contribution >= 4 is 39.6 Å². The second-order valence-corrected chi connectivity index (χ2v) is 7.30. The Morgan fingerprint density at radius 1 is 1.04 bits per heavy atom. The lowest BCUT2D eigenvalue weighted by Crippen LogP contribution is -2.06. The molecule has 1 aliphatic carbocycles. The molecule has 1 aromatic heterocycles. The minimum absolute atomic E-state index is 0.113. The van der Waals surface area contributed by atoms with Crippen molar-refractivity contribution in [2.45, 2.75) is 26.7 Å². The molecule has 0 saturated heterocycles. The summed E-state index contributed by atoms with van der Waals surface area (Å²) in [5.74, 6) is -0.185. The van der Waals surface area contributed by atoms with E-state index < -0.39 is 0 Å². The molecular weight excluding hydrogens is 352 g/mol. The van der Waals surface area contributed by atoms with Crippen LogP contribution in [-0.4, -0.2) is 21.8 Å². The first-order valence-electron chi connectivity index (χ1n) is 9.16. The second-order valence-electron chi connectivity index (χ2n) is 7.30. The zero-order valence-electron chi connectivity index (χ0n) is 15.9. The van der Waals surface area contributed by atoms with E-state index in [0.717, 1.165) is 10.9 Å². The fraction of sp³-hybridized carbons (Fsp3) is 0.174. The number of pyridine rings is 1. The lowest BCUT2D eigenvalue weighted by molar-refractivity contribution is -0.114. The topological polar surface area (TPSA) is 79.3 Å². The normalized spacial score (nSPS) is 13.4. The molecule has 5 heteroatoms. The van der Waals surface area contributed by atoms with Crippen LogP contribution >= 0.6 is 0 Å². The number of amides is 1. The van der Waals surface area contributed by atoms with Gasteiger partial charge in [0.25, 0.3) is 0 Å². The number of rotatable bonds is 3. The lowest BCUT2D eigenvalue weighted by Gasteiger charge is -2.08. The summed E-state index contributed by atoms with van der Waals surface area (Å²) in [6, 6.07) is 14.6. The van der Waals surface area contributed by atoms with Crippen LogP contribution in [0.15, 0.2) is 48.5 Å². The summed E-state index contributed by atoms with van der Waals surface area (Å²) in [6.07, 6.45) is 0. The number of Topliss-reactive ketones (excluding diaryl/α,β-unsaturated/α-hetero) is 1. The third kappa shape index (κ3) is 2.95. The third-order valence-electron chi connectivity index (χ3n) is 4.94. The minimum Gasteiger partial charge on any atom is -0.506 e.